The Labute approximate surface area is 113 Å². The first-order valence-electron chi connectivity index (χ1n) is 7.13. The summed E-state index contributed by atoms with van der Waals surface area (Å²) in [5.41, 5.74) is 2.06. The van der Waals surface area contributed by atoms with E-state index in [0.29, 0.717) is 0 Å². The van der Waals surface area contributed by atoms with Crippen LogP contribution in [0, 0.1) is 0 Å². The number of benzene rings is 1. The van der Waals surface area contributed by atoms with Crippen molar-refractivity contribution in [2.45, 2.75) is 38.0 Å². The second kappa shape index (κ2) is 4.85. The molecule has 3 N–H and O–H groups in total. The molecule has 0 spiro atoms. The van der Waals surface area contributed by atoms with Crippen LogP contribution in [0.15, 0.2) is 18.2 Å². The predicted molar refractivity (Wildman–Crippen MR) is 76.4 cm³/mol. The number of phenolic OH excluding ortho intramolecular Hbond substituents is 1. The number of aromatic hydroxyl groups is 1. The summed E-state index contributed by atoms with van der Waals surface area (Å²) in [6.45, 7) is 4.35. The monoisotopic (exact) mass is 259 g/mol. The number of H-pyrrole nitrogens is 1. The number of aromatic nitrogens is 2. The number of phenols is 1. The predicted octanol–water partition coefficient (Wildman–Crippen LogP) is 2.69. The molecule has 19 heavy (non-hydrogen) atoms. The number of hydrogen-bond donors (Lipinski definition) is 3. The molecule has 0 atom stereocenters. The van der Waals surface area contributed by atoms with Crippen LogP contribution in [0.1, 0.15) is 38.4 Å². The van der Waals surface area contributed by atoms with Gasteiger partial charge >= 0.3 is 0 Å². The van der Waals surface area contributed by atoms with Crippen molar-refractivity contribution < 1.29 is 5.11 Å². The van der Waals surface area contributed by atoms with Crippen LogP contribution >= 0.6 is 0 Å². The van der Waals surface area contributed by atoms with Gasteiger partial charge in [-0.05, 0) is 44.5 Å². The summed E-state index contributed by atoms with van der Waals surface area (Å²) in [4.78, 5) is 8.21. The van der Waals surface area contributed by atoms with E-state index in [1.165, 1.54) is 12.8 Å². The Kier molecular flexibility index (Phi) is 3.19. The number of rotatable bonds is 3. The topological polar surface area (TPSA) is 60.9 Å². The minimum absolute atomic E-state index is 0.175. The average molecular weight is 259 g/mol. The highest BCUT2D eigenvalue weighted by molar-refractivity contribution is 5.76. The molecule has 1 aliphatic heterocycles. The Balaban J connectivity index is 2.04. The molecule has 102 valence electrons. The van der Waals surface area contributed by atoms with E-state index in [9.17, 15) is 5.11 Å². The molecule has 0 saturated carbocycles. The maximum absolute atomic E-state index is 9.56. The van der Waals surface area contributed by atoms with Gasteiger partial charge in [-0.3, -0.25) is 0 Å². The lowest BCUT2D eigenvalue weighted by Gasteiger charge is -2.35. The molecule has 0 amide bonds. The van der Waals surface area contributed by atoms with Crippen LogP contribution in [0.2, 0.25) is 0 Å². The van der Waals surface area contributed by atoms with Crippen LogP contribution < -0.4 is 5.32 Å². The van der Waals surface area contributed by atoms with Gasteiger partial charge in [0.1, 0.15) is 11.6 Å². The first-order chi connectivity index (χ1) is 9.23. The number of nitrogens with one attached hydrogen (secondary N) is 2. The van der Waals surface area contributed by atoms with Gasteiger partial charge in [0.25, 0.3) is 0 Å². The van der Waals surface area contributed by atoms with Crippen LogP contribution in [-0.2, 0) is 5.41 Å². The van der Waals surface area contributed by atoms with Gasteiger partial charge in [0, 0.05) is 11.5 Å². The third kappa shape index (κ3) is 2.21. The van der Waals surface area contributed by atoms with Crippen molar-refractivity contribution in [2.75, 3.05) is 13.1 Å². The molecule has 1 aromatic heterocycles. The highest BCUT2D eigenvalue weighted by atomic mass is 16.3. The molecular formula is C15H21N3O. The van der Waals surface area contributed by atoms with Crippen LogP contribution in [0.25, 0.3) is 11.0 Å². The van der Waals surface area contributed by atoms with Crippen molar-refractivity contribution in [1.29, 1.82) is 0 Å². The zero-order valence-corrected chi connectivity index (χ0v) is 11.4. The summed E-state index contributed by atoms with van der Waals surface area (Å²) in [5, 5.41) is 13.0. The quantitative estimate of drug-likeness (QED) is 0.794. The molecule has 0 radical (unpaired) electrons. The second-order valence-electron chi connectivity index (χ2n) is 5.57. The molecule has 1 aliphatic rings. The van der Waals surface area contributed by atoms with E-state index in [0.717, 1.165) is 42.8 Å². The fourth-order valence-corrected chi connectivity index (χ4v) is 3.24. The van der Waals surface area contributed by atoms with Gasteiger partial charge in [-0.15, -0.1) is 0 Å². The Morgan fingerprint density at radius 3 is 2.84 bits per heavy atom. The first kappa shape index (κ1) is 12.5. The van der Waals surface area contributed by atoms with Crippen LogP contribution in [0.4, 0.5) is 0 Å². The average Bonchev–Trinajstić information content (AvgIpc) is 2.83. The summed E-state index contributed by atoms with van der Waals surface area (Å²) in [6, 6.07) is 5.33. The van der Waals surface area contributed by atoms with Gasteiger partial charge in [0.15, 0.2) is 0 Å². The third-order valence-electron chi connectivity index (χ3n) is 4.26. The van der Waals surface area contributed by atoms with E-state index in [4.69, 9.17) is 4.98 Å². The molecule has 4 nitrogen and oxygen atoms in total. The van der Waals surface area contributed by atoms with Gasteiger partial charge in [0.05, 0.1) is 11.0 Å². The SMILES string of the molecule is CCCC1(c2nc3ccc(O)cc3[nH]2)CCNCC1. The van der Waals surface area contributed by atoms with E-state index in [1.54, 1.807) is 12.1 Å². The molecule has 0 unspecified atom stereocenters. The van der Waals surface area contributed by atoms with Crippen molar-refractivity contribution >= 4 is 11.0 Å². The zero-order chi connectivity index (χ0) is 13.3. The van der Waals surface area contributed by atoms with Gasteiger partial charge in [-0.2, -0.15) is 0 Å². The number of imidazole rings is 1. The molecule has 2 aromatic rings. The fourth-order valence-electron chi connectivity index (χ4n) is 3.24. The van der Waals surface area contributed by atoms with Crippen LogP contribution in [-0.4, -0.2) is 28.2 Å². The van der Waals surface area contributed by atoms with Gasteiger partial charge < -0.3 is 15.4 Å². The second-order valence-corrected chi connectivity index (χ2v) is 5.57. The van der Waals surface area contributed by atoms with E-state index in [2.05, 4.69) is 17.2 Å². The summed E-state index contributed by atoms with van der Waals surface area (Å²) in [6.07, 6.45) is 4.60. The summed E-state index contributed by atoms with van der Waals surface area (Å²) in [7, 11) is 0. The van der Waals surface area contributed by atoms with Crippen LogP contribution in [0.5, 0.6) is 5.75 Å². The Hall–Kier alpha value is -1.55. The van der Waals surface area contributed by atoms with Crippen molar-refractivity contribution in [3.63, 3.8) is 0 Å². The lowest BCUT2D eigenvalue weighted by molar-refractivity contribution is 0.273. The standard InChI is InChI=1S/C15H21N3O/c1-2-5-15(6-8-16-9-7-15)14-17-12-4-3-11(19)10-13(12)18-14/h3-4,10,16,19H,2,5-9H2,1H3,(H,17,18). The van der Waals surface area contributed by atoms with Gasteiger partial charge in [-0.1, -0.05) is 13.3 Å². The molecular weight excluding hydrogens is 238 g/mol. The van der Waals surface area contributed by atoms with Gasteiger partial charge in [-0.25, -0.2) is 4.98 Å². The Morgan fingerprint density at radius 1 is 1.32 bits per heavy atom. The summed E-state index contributed by atoms with van der Waals surface area (Å²) < 4.78 is 0. The number of nitrogens with zero attached hydrogens (tertiary/aromatic N) is 1. The smallest absolute Gasteiger partial charge is 0.117 e. The molecule has 0 bridgehead atoms. The van der Waals surface area contributed by atoms with E-state index < -0.39 is 0 Å². The first-order valence-corrected chi connectivity index (χ1v) is 7.13. The molecule has 1 saturated heterocycles. The normalized spacial score (nSPS) is 18.8. The Morgan fingerprint density at radius 2 is 2.11 bits per heavy atom. The molecule has 0 aliphatic carbocycles. The summed E-state index contributed by atoms with van der Waals surface area (Å²) >= 11 is 0. The van der Waals surface area contributed by atoms with Crippen molar-refractivity contribution in [1.82, 2.24) is 15.3 Å². The highest BCUT2D eigenvalue weighted by Crippen LogP contribution is 2.37. The lowest BCUT2D eigenvalue weighted by Crippen LogP contribution is -2.40. The highest BCUT2D eigenvalue weighted by Gasteiger charge is 2.35. The molecule has 1 fully saturated rings. The van der Waals surface area contributed by atoms with Crippen LogP contribution in [0.3, 0.4) is 0 Å². The fraction of sp³-hybridized carbons (Fsp3) is 0.533. The number of aromatic amines is 1. The lowest BCUT2D eigenvalue weighted by atomic mass is 9.75. The molecule has 2 heterocycles. The minimum Gasteiger partial charge on any atom is -0.508 e. The van der Waals surface area contributed by atoms with E-state index in [1.807, 2.05) is 6.07 Å². The molecule has 1 aromatic carbocycles. The minimum atomic E-state index is 0.175. The van der Waals surface area contributed by atoms with E-state index >= 15 is 0 Å². The zero-order valence-electron chi connectivity index (χ0n) is 11.4. The van der Waals surface area contributed by atoms with Crippen molar-refractivity contribution in [2.24, 2.45) is 0 Å². The molecule has 3 rings (SSSR count). The van der Waals surface area contributed by atoms with E-state index in [-0.39, 0.29) is 11.2 Å². The summed E-state index contributed by atoms with van der Waals surface area (Å²) in [5.74, 6) is 1.38. The van der Waals surface area contributed by atoms with Crippen molar-refractivity contribution in [3.8, 4) is 5.75 Å². The third-order valence-corrected chi connectivity index (χ3v) is 4.26. The number of piperidine rings is 1. The maximum Gasteiger partial charge on any atom is 0.117 e. The largest absolute Gasteiger partial charge is 0.508 e. The van der Waals surface area contributed by atoms with Crippen molar-refractivity contribution in [3.05, 3.63) is 24.0 Å². The number of fused-ring (bicyclic) bond motifs is 1. The molecule has 4 heteroatoms. The van der Waals surface area contributed by atoms with Gasteiger partial charge in [0.2, 0.25) is 0 Å². The Bertz CT molecular complexity index is 564. The maximum atomic E-state index is 9.56. The number of hydrogen-bond acceptors (Lipinski definition) is 3.